The first-order valence-electron chi connectivity index (χ1n) is 12.9. The monoisotopic (exact) mass is 546 g/mol. The van der Waals surface area contributed by atoms with Crippen molar-refractivity contribution in [2.45, 2.75) is 88.8 Å². The number of esters is 1. The molecule has 1 aliphatic heterocycles. The molecule has 11 heteroatoms. The first kappa shape index (κ1) is 29.3. The first-order valence-corrected chi connectivity index (χ1v) is 13.8. The second kappa shape index (κ2) is 13.0. The molecular formula is C27H38N4O6S. The molecule has 1 aliphatic carbocycles. The summed E-state index contributed by atoms with van der Waals surface area (Å²) in [4.78, 5) is 49.1. The lowest BCUT2D eigenvalue weighted by Gasteiger charge is -2.24. The van der Waals surface area contributed by atoms with E-state index in [-0.39, 0.29) is 6.10 Å². The Morgan fingerprint density at radius 3 is 2.32 bits per heavy atom. The van der Waals surface area contributed by atoms with Crippen LogP contribution in [-0.4, -0.2) is 47.1 Å². The van der Waals surface area contributed by atoms with E-state index in [1.807, 2.05) is 24.3 Å². The number of hydrogen-bond donors (Lipinski definition) is 4. The van der Waals surface area contributed by atoms with Crippen molar-refractivity contribution < 1.29 is 28.7 Å². The lowest BCUT2D eigenvalue weighted by Crippen LogP contribution is -2.45. The minimum atomic E-state index is -0.787. The number of ether oxygens (including phenoxy) is 2. The van der Waals surface area contributed by atoms with Crippen LogP contribution < -0.4 is 22.1 Å². The van der Waals surface area contributed by atoms with Gasteiger partial charge in [-0.2, -0.15) is 0 Å². The summed E-state index contributed by atoms with van der Waals surface area (Å²) in [5.74, 6) is -1.61. The third kappa shape index (κ3) is 8.97. The third-order valence-corrected chi connectivity index (χ3v) is 7.57. The number of primary amides is 2. The molecule has 208 valence electrons. The highest BCUT2D eigenvalue weighted by molar-refractivity contribution is 8.09. The fourth-order valence-corrected chi connectivity index (χ4v) is 5.76. The summed E-state index contributed by atoms with van der Waals surface area (Å²) in [6.45, 7) is 5.31. The molecule has 0 aromatic heterocycles. The van der Waals surface area contributed by atoms with Gasteiger partial charge in [-0.15, -0.1) is 0 Å². The van der Waals surface area contributed by atoms with Crippen LogP contribution in [0.2, 0.25) is 0 Å². The zero-order chi connectivity index (χ0) is 27.9. The molecule has 3 rings (SSSR count). The van der Waals surface area contributed by atoms with Gasteiger partial charge in [-0.3, -0.25) is 4.79 Å². The number of thioether (sulfide) groups is 1. The Labute approximate surface area is 227 Å². The molecule has 0 saturated heterocycles. The van der Waals surface area contributed by atoms with Gasteiger partial charge in [0.15, 0.2) is 0 Å². The number of benzene rings is 1. The maximum absolute atomic E-state index is 12.8. The lowest BCUT2D eigenvalue weighted by molar-refractivity contribution is -0.151. The quantitative estimate of drug-likeness (QED) is 0.326. The van der Waals surface area contributed by atoms with Crippen molar-refractivity contribution in [3.8, 4) is 0 Å². The van der Waals surface area contributed by atoms with Crippen LogP contribution in [0, 0.1) is 5.92 Å². The van der Waals surface area contributed by atoms with Crippen LogP contribution in [-0.2, 0) is 25.5 Å². The van der Waals surface area contributed by atoms with Crippen molar-refractivity contribution in [2.75, 3.05) is 0 Å². The van der Waals surface area contributed by atoms with Crippen LogP contribution in [0.15, 0.2) is 30.3 Å². The molecule has 3 atom stereocenters. The Bertz CT molecular complexity index is 1050. The summed E-state index contributed by atoms with van der Waals surface area (Å²) in [6, 6.07) is 6.30. The van der Waals surface area contributed by atoms with Crippen LogP contribution in [0.1, 0.15) is 70.4 Å². The summed E-state index contributed by atoms with van der Waals surface area (Å²) < 4.78 is 11.0. The number of nitrogens with two attached hydrogens (primary N) is 2. The summed E-state index contributed by atoms with van der Waals surface area (Å²) in [5.41, 5.74) is 12.0. The second-order valence-electron chi connectivity index (χ2n) is 10.6. The van der Waals surface area contributed by atoms with Gasteiger partial charge in [0.1, 0.15) is 17.7 Å². The zero-order valence-corrected chi connectivity index (χ0v) is 23.0. The highest BCUT2D eigenvalue weighted by atomic mass is 32.2. The predicted octanol–water partition coefficient (Wildman–Crippen LogP) is 3.57. The van der Waals surface area contributed by atoms with E-state index in [0.717, 1.165) is 41.7 Å². The Balaban J connectivity index is 1.58. The molecule has 0 spiro atoms. The number of urea groups is 1. The van der Waals surface area contributed by atoms with E-state index in [9.17, 15) is 19.2 Å². The van der Waals surface area contributed by atoms with E-state index in [2.05, 4.69) is 10.6 Å². The van der Waals surface area contributed by atoms with Gasteiger partial charge in [-0.25, -0.2) is 14.4 Å². The Morgan fingerprint density at radius 1 is 1.08 bits per heavy atom. The van der Waals surface area contributed by atoms with Crippen LogP contribution in [0.25, 0.3) is 4.91 Å². The maximum Gasteiger partial charge on any atom is 0.408 e. The maximum atomic E-state index is 12.8. The smallest absolute Gasteiger partial charge is 0.408 e. The molecule has 1 aromatic rings. The van der Waals surface area contributed by atoms with Crippen molar-refractivity contribution in [1.82, 2.24) is 10.6 Å². The van der Waals surface area contributed by atoms with Gasteiger partial charge in [-0.1, -0.05) is 42.1 Å². The summed E-state index contributed by atoms with van der Waals surface area (Å²) >= 11 is 1.33. The topological polar surface area (TPSA) is 163 Å². The van der Waals surface area contributed by atoms with Crippen molar-refractivity contribution >= 4 is 40.7 Å². The van der Waals surface area contributed by atoms with Crippen molar-refractivity contribution in [1.29, 1.82) is 0 Å². The molecule has 1 fully saturated rings. The molecule has 1 aromatic carbocycles. The van der Waals surface area contributed by atoms with Gasteiger partial charge in [0.05, 0.1) is 11.3 Å². The Hall–Kier alpha value is -3.21. The number of alkyl carbamates (subject to hydrolysis) is 1. The van der Waals surface area contributed by atoms with E-state index in [0.29, 0.717) is 19.3 Å². The van der Waals surface area contributed by atoms with E-state index < -0.39 is 46.9 Å². The summed E-state index contributed by atoms with van der Waals surface area (Å²) in [6.07, 6.45) is 6.54. The molecule has 6 N–H and O–H groups in total. The van der Waals surface area contributed by atoms with E-state index >= 15 is 0 Å². The van der Waals surface area contributed by atoms with Gasteiger partial charge in [0.25, 0.3) is 0 Å². The molecule has 2 aliphatic rings. The van der Waals surface area contributed by atoms with Crippen molar-refractivity contribution in [3.63, 3.8) is 0 Å². The molecule has 10 nitrogen and oxygen atoms in total. The van der Waals surface area contributed by atoms with Crippen molar-refractivity contribution in [2.24, 2.45) is 17.4 Å². The zero-order valence-electron chi connectivity index (χ0n) is 22.2. The van der Waals surface area contributed by atoms with Gasteiger partial charge in [0.2, 0.25) is 5.91 Å². The van der Waals surface area contributed by atoms with Gasteiger partial charge in [0, 0.05) is 4.91 Å². The van der Waals surface area contributed by atoms with Gasteiger partial charge in [-0.05, 0) is 76.8 Å². The predicted molar refractivity (Wildman–Crippen MR) is 146 cm³/mol. The van der Waals surface area contributed by atoms with Crippen molar-refractivity contribution in [3.05, 3.63) is 41.5 Å². The molecule has 0 bridgehead atoms. The van der Waals surface area contributed by atoms with Crippen LogP contribution in [0.4, 0.5) is 9.59 Å². The number of amides is 4. The number of carbonyl (C=O) groups excluding carboxylic acids is 4. The average molecular weight is 547 g/mol. The molecule has 0 radical (unpaired) electrons. The number of aryl methyl sites for hydroxylation is 1. The summed E-state index contributed by atoms with van der Waals surface area (Å²) in [7, 11) is 0. The largest absolute Gasteiger partial charge is 0.461 e. The third-order valence-electron chi connectivity index (χ3n) is 6.28. The Kier molecular flexibility index (Phi) is 10.1. The van der Waals surface area contributed by atoms with Crippen LogP contribution in [0.5, 0.6) is 0 Å². The molecule has 38 heavy (non-hydrogen) atoms. The number of nitrogens with one attached hydrogen (secondary N) is 2. The summed E-state index contributed by atoms with van der Waals surface area (Å²) in [5, 5.41) is 4.70. The second-order valence-corrected chi connectivity index (χ2v) is 11.8. The minimum Gasteiger partial charge on any atom is -0.461 e. The van der Waals surface area contributed by atoms with E-state index in [4.69, 9.17) is 20.9 Å². The van der Waals surface area contributed by atoms with E-state index in [1.165, 1.54) is 11.8 Å². The minimum absolute atomic E-state index is 0.0901. The van der Waals surface area contributed by atoms with Gasteiger partial charge >= 0.3 is 18.1 Å². The van der Waals surface area contributed by atoms with E-state index in [1.54, 1.807) is 26.8 Å². The lowest BCUT2D eigenvalue weighted by atomic mass is 10.0. The molecule has 4 amide bonds. The first-order chi connectivity index (χ1) is 17.9. The molecule has 2 unspecified atom stereocenters. The fraction of sp³-hybridized carbons (Fsp3) is 0.556. The number of rotatable bonds is 10. The van der Waals surface area contributed by atoms with Gasteiger partial charge < -0.3 is 31.6 Å². The molecule has 1 heterocycles. The molecule has 1 saturated carbocycles. The number of hydrogen-bond acceptors (Lipinski definition) is 7. The van der Waals surface area contributed by atoms with Crippen LogP contribution in [0.3, 0.4) is 0 Å². The average Bonchev–Trinajstić information content (AvgIpc) is 3.47. The fourth-order valence-electron chi connectivity index (χ4n) is 4.45. The molecular weight excluding hydrogens is 508 g/mol. The highest BCUT2D eigenvalue weighted by Gasteiger charge is 2.34. The van der Waals surface area contributed by atoms with Crippen LogP contribution >= 0.6 is 11.8 Å². The number of carbonyl (C=O) groups is 4. The standard InChI is InChI=1S/C27H38N4O6S/c1-27(2,3)37-26(35)30-20(24(33)36-18-8-4-5-9-18)10-6-7-16-11-13-17(14-12-16)21-15-19(22(28)32)23(38-21)31-25(29)34/h11-15,18-20,23H,4-10H2,1-3H3,(H2,28,32)(H,30,35)(H3,29,31,34)/t19?,20-,23?/m1/s1. The highest BCUT2D eigenvalue weighted by Crippen LogP contribution is 2.41. The SMILES string of the molecule is CC(C)(C)OC(=O)N[C@H](CCCc1ccc(C2=CC(C(N)=O)C(NC(N)=O)S2)cc1)C(=O)OC1CCCC1. The Morgan fingerprint density at radius 2 is 1.74 bits per heavy atom. The normalized spacial score (nSPS) is 20.3.